The summed E-state index contributed by atoms with van der Waals surface area (Å²) in [6, 6.07) is 4.12. The summed E-state index contributed by atoms with van der Waals surface area (Å²) < 4.78 is 13.1. The number of anilines is 1. The Bertz CT molecular complexity index is 831. The number of nitrogens with zero attached hydrogens (tertiary/aromatic N) is 2. The van der Waals surface area contributed by atoms with Gasteiger partial charge in [0.2, 0.25) is 5.91 Å². The van der Waals surface area contributed by atoms with Crippen LogP contribution in [0.2, 0.25) is 5.02 Å². The van der Waals surface area contributed by atoms with Crippen LogP contribution in [-0.4, -0.2) is 40.0 Å². The SMILES string of the molecule is Cc1[nH]ncc1C(=O)N1CCC(CCC(=O)Nc2ccc(F)c(Cl)c2)CC1. The molecule has 1 aromatic heterocycles. The summed E-state index contributed by atoms with van der Waals surface area (Å²) in [4.78, 5) is 26.4. The smallest absolute Gasteiger partial charge is 0.257 e. The molecule has 0 unspecified atom stereocenters. The summed E-state index contributed by atoms with van der Waals surface area (Å²) in [6.45, 7) is 3.20. The fourth-order valence-electron chi connectivity index (χ4n) is 3.29. The van der Waals surface area contributed by atoms with Crippen molar-refractivity contribution < 1.29 is 14.0 Å². The van der Waals surface area contributed by atoms with Gasteiger partial charge in [-0.25, -0.2) is 4.39 Å². The molecule has 1 saturated heterocycles. The first-order chi connectivity index (χ1) is 12.9. The number of H-pyrrole nitrogens is 1. The Labute approximate surface area is 162 Å². The molecular weight excluding hydrogens is 371 g/mol. The lowest BCUT2D eigenvalue weighted by atomic mass is 9.91. The van der Waals surface area contributed by atoms with Crippen molar-refractivity contribution >= 4 is 29.1 Å². The quantitative estimate of drug-likeness (QED) is 0.812. The number of carbonyl (C=O) groups excluding carboxylic acids is 2. The van der Waals surface area contributed by atoms with Crippen molar-refractivity contribution in [2.24, 2.45) is 5.92 Å². The van der Waals surface area contributed by atoms with Crippen LogP contribution in [0.4, 0.5) is 10.1 Å². The number of aromatic amines is 1. The van der Waals surface area contributed by atoms with Crippen LogP contribution in [-0.2, 0) is 4.79 Å². The molecule has 6 nitrogen and oxygen atoms in total. The number of nitrogens with one attached hydrogen (secondary N) is 2. The molecule has 2 aromatic rings. The van der Waals surface area contributed by atoms with E-state index in [1.54, 1.807) is 6.20 Å². The van der Waals surface area contributed by atoms with Gasteiger partial charge in [0.15, 0.2) is 0 Å². The minimum Gasteiger partial charge on any atom is -0.339 e. The number of rotatable bonds is 5. The highest BCUT2D eigenvalue weighted by Crippen LogP contribution is 2.24. The lowest BCUT2D eigenvalue weighted by molar-refractivity contribution is -0.116. The normalized spacial score (nSPS) is 15.0. The molecule has 1 aliphatic rings. The van der Waals surface area contributed by atoms with E-state index in [4.69, 9.17) is 11.6 Å². The largest absolute Gasteiger partial charge is 0.339 e. The second-order valence-electron chi connectivity index (χ2n) is 6.86. The molecule has 27 heavy (non-hydrogen) atoms. The third-order valence-corrected chi connectivity index (χ3v) is 5.23. The van der Waals surface area contributed by atoms with E-state index in [9.17, 15) is 14.0 Å². The Morgan fingerprint density at radius 1 is 1.37 bits per heavy atom. The maximum atomic E-state index is 13.1. The molecular formula is C19H22ClFN4O2. The number of aromatic nitrogens is 2. The number of likely N-dealkylation sites (tertiary alicyclic amines) is 1. The van der Waals surface area contributed by atoms with Crippen LogP contribution in [0.5, 0.6) is 0 Å². The van der Waals surface area contributed by atoms with Gasteiger partial charge in [-0.2, -0.15) is 5.10 Å². The molecule has 0 bridgehead atoms. The van der Waals surface area contributed by atoms with Crippen LogP contribution >= 0.6 is 11.6 Å². The van der Waals surface area contributed by atoms with Crippen LogP contribution in [0.15, 0.2) is 24.4 Å². The van der Waals surface area contributed by atoms with Crippen molar-refractivity contribution in [3.8, 4) is 0 Å². The van der Waals surface area contributed by atoms with Gasteiger partial charge in [0.05, 0.1) is 16.8 Å². The first kappa shape index (κ1) is 19.4. The van der Waals surface area contributed by atoms with Gasteiger partial charge < -0.3 is 10.2 Å². The van der Waals surface area contributed by atoms with Crippen molar-refractivity contribution in [2.75, 3.05) is 18.4 Å². The summed E-state index contributed by atoms with van der Waals surface area (Å²) in [5, 5.41) is 9.41. The fraction of sp³-hybridized carbons (Fsp3) is 0.421. The standard InChI is InChI=1S/C19H22ClFN4O2/c1-12-15(11-22-24-12)19(27)25-8-6-13(7-9-25)2-5-18(26)23-14-3-4-17(21)16(20)10-14/h3-4,10-11,13H,2,5-9H2,1H3,(H,22,24)(H,23,26). The summed E-state index contributed by atoms with van der Waals surface area (Å²) in [6.07, 6.45) is 4.45. The van der Waals surface area contributed by atoms with Crippen molar-refractivity contribution in [1.29, 1.82) is 0 Å². The van der Waals surface area contributed by atoms with Crippen LogP contribution in [0.1, 0.15) is 41.7 Å². The molecule has 1 fully saturated rings. The average molecular weight is 393 g/mol. The zero-order valence-corrected chi connectivity index (χ0v) is 15.9. The van der Waals surface area contributed by atoms with Gasteiger partial charge >= 0.3 is 0 Å². The van der Waals surface area contributed by atoms with Crippen LogP contribution < -0.4 is 5.32 Å². The van der Waals surface area contributed by atoms with E-state index in [2.05, 4.69) is 15.5 Å². The summed E-state index contributed by atoms with van der Waals surface area (Å²) in [5.41, 5.74) is 1.88. The Hall–Kier alpha value is -2.41. The van der Waals surface area contributed by atoms with Crippen LogP contribution in [0.25, 0.3) is 0 Å². The second-order valence-corrected chi connectivity index (χ2v) is 7.27. The number of carbonyl (C=O) groups is 2. The molecule has 0 atom stereocenters. The molecule has 0 aliphatic carbocycles. The first-order valence-electron chi connectivity index (χ1n) is 8.98. The predicted octanol–water partition coefficient (Wildman–Crippen LogP) is 3.78. The molecule has 2 heterocycles. The van der Waals surface area contributed by atoms with Gasteiger partial charge in [-0.15, -0.1) is 0 Å². The van der Waals surface area contributed by atoms with E-state index >= 15 is 0 Å². The maximum Gasteiger partial charge on any atom is 0.257 e. The molecule has 0 spiro atoms. The highest BCUT2D eigenvalue weighted by atomic mass is 35.5. The average Bonchev–Trinajstić information content (AvgIpc) is 3.09. The monoisotopic (exact) mass is 392 g/mol. The third kappa shape index (κ3) is 4.86. The highest BCUT2D eigenvalue weighted by molar-refractivity contribution is 6.31. The molecule has 0 radical (unpaired) electrons. The van der Waals surface area contributed by atoms with Gasteiger partial charge in [0, 0.05) is 30.9 Å². The van der Waals surface area contributed by atoms with Crippen molar-refractivity contribution in [2.45, 2.75) is 32.6 Å². The van der Waals surface area contributed by atoms with E-state index in [1.807, 2.05) is 11.8 Å². The molecule has 144 valence electrons. The molecule has 1 aromatic carbocycles. The zero-order valence-electron chi connectivity index (χ0n) is 15.1. The Kier molecular flexibility index (Phi) is 6.11. The number of amides is 2. The maximum absolute atomic E-state index is 13.1. The Balaban J connectivity index is 1.42. The van der Waals surface area contributed by atoms with Gasteiger partial charge in [0.25, 0.3) is 5.91 Å². The Morgan fingerprint density at radius 2 is 2.11 bits per heavy atom. The second kappa shape index (κ2) is 8.52. The summed E-state index contributed by atoms with van der Waals surface area (Å²) >= 11 is 5.72. The van der Waals surface area contributed by atoms with E-state index in [0.29, 0.717) is 36.7 Å². The molecule has 1 aliphatic heterocycles. The molecule has 8 heteroatoms. The number of benzene rings is 1. The number of piperidine rings is 1. The highest BCUT2D eigenvalue weighted by Gasteiger charge is 2.25. The van der Waals surface area contributed by atoms with E-state index < -0.39 is 5.82 Å². The predicted molar refractivity (Wildman–Crippen MR) is 101 cm³/mol. The number of aryl methyl sites for hydroxylation is 1. The number of halogens is 2. The van der Waals surface area contributed by atoms with E-state index in [0.717, 1.165) is 25.0 Å². The van der Waals surface area contributed by atoms with Gasteiger partial charge in [-0.1, -0.05) is 11.6 Å². The third-order valence-electron chi connectivity index (χ3n) is 4.95. The number of hydrogen-bond donors (Lipinski definition) is 2. The van der Waals surface area contributed by atoms with Gasteiger partial charge in [0.1, 0.15) is 5.82 Å². The van der Waals surface area contributed by atoms with Crippen LogP contribution in [0, 0.1) is 18.7 Å². The van der Waals surface area contributed by atoms with Crippen LogP contribution in [0.3, 0.4) is 0 Å². The van der Waals surface area contributed by atoms with Gasteiger partial charge in [-0.05, 0) is 50.3 Å². The van der Waals surface area contributed by atoms with Crippen molar-refractivity contribution in [3.05, 3.63) is 46.5 Å². The van der Waals surface area contributed by atoms with Crippen molar-refractivity contribution in [1.82, 2.24) is 15.1 Å². The zero-order chi connectivity index (χ0) is 19.4. The molecule has 2 amide bonds. The van der Waals surface area contributed by atoms with E-state index in [-0.39, 0.29) is 16.8 Å². The minimum absolute atomic E-state index is 0.00521. The van der Waals surface area contributed by atoms with E-state index in [1.165, 1.54) is 18.2 Å². The molecule has 2 N–H and O–H groups in total. The van der Waals surface area contributed by atoms with Crippen molar-refractivity contribution in [3.63, 3.8) is 0 Å². The lowest BCUT2D eigenvalue weighted by Crippen LogP contribution is -2.38. The topological polar surface area (TPSA) is 78.1 Å². The van der Waals surface area contributed by atoms with Gasteiger partial charge in [-0.3, -0.25) is 14.7 Å². The summed E-state index contributed by atoms with van der Waals surface area (Å²) in [5.74, 6) is -0.223. The molecule has 3 rings (SSSR count). The first-order valence-corrected chi connectivity index (χ1v) is 9.36. The Morgan fingerprint density at radius 3 is 2.74 bits per heavy atom. The lowest BCUT2D eigenvalue weighted by Gasteiger charge is -2.31. The summed E-state index contributed by atoms with van der Waals surface area (Å²) in [7, 11) is 0. The number of hydrogen-bond acceptors (Lipinski definition) is 3. The molecule has 0 saturated carbocycles. The minimum atomic E-state index is -0.512. The fourth-order valence-corrected chi connectivity index (χ4v) is 3.47.